The first-order chi connectivity index (χ1) is 4.92. The van der Waals surface area contributed by atoms with Gasteiger partial charge in [-0.15, -0.1) is 0 Å². The van der Waals surface area contributed by atoms with Gasteiger partial charge in [0.15, 0.2) is 6.29 Å². The summed E-state index contributed by atoms with van der Waals surface area (Å²) in [6, 6.07) is 0. The SMILES string of the molecule is NC(N)(N)CCCCC(O)O. The molecule has 0 heterocycles. The fourth-order valence-electron chi connectivity index (χ4n) is 0.758. The average molecular weight is 163 g/mol. The second kappa shape index (κ2) is 4.63. The predicted molar refractivity (Wildman–Crippen MR) is 42.0 cm³/mol. The number of aliphatic hydroxyl groups excluding tert-OH is 1. The molecule has 0 aromatic carbocycles. The van der Waals surface area contributed by atoms with Crippen molar-refractivity contribution in [2.24, 2.45) is 17.2 Å². The van der Waals surface area contributed by atoms with Crippen molar-refractivity contribution in [2.75, 3.05) is 0 Å². The maximum absolute atomic E-state index is 8.44. The smallest absolute Gasteiger partial charge is 0.151 e. The lowest BCUT2D eigenvalue weighted by molar-refractivity contribution is -0.0467. The lowest BCUT2D eigenvalue weighted by Gasteiger charge is -2.17. The molecule has 11 heavy (non-hydrogen) atoms. The minimum Gasteiger partial charge on any atom is -0.368 e. The van der Waals surface area contributed by atoms with Crippen LogP contribution in [0.5, 0.6) is 0 Å². The maximum atomic E-state index is 8.44. The third-order valence-electron chi connectivity index (χ3n) is 1.32. The van der Waals surface area contributed by atoms with Gasteiger partial charge in [-0.2, -0.15) is 0 Å². The molecule has 5 nitrogen and oxygen atoms in total. The van der Waals surface area contributed by atoms with Gasteiger partial charge in [-0.1, -0.05) is 0 Å². The molecule has 0 aliphatic carbocycles. The molecule has 0 fully saturated rings. The number of nitrogens with two attached hydrogens (primary N) is 3. The van der Waals surface area contributed by atoms with E-state index in [1.54, 1.807) is 0 Å². The summed E-state index contributed by atoms with van der Waals surface area (Å²) in [6.07, 6.45) is 0.972. The molecule has 0 aromatic rings. The van der Waals surface area contributed by atoms with Crippen molar-refractivity contribution < 1.29 is 10.2 Å². The molecular formula is C6H17N3O2. The summed E-state index contributed by atoms with van der Waals surface area (Å²) in [7, 11) is 0. The van der Waals surface area contributed by atoms with E-state index in [1.165, 1.54) is 0 Å². The molecule has 68 valence electrons. The van der Waals surface area contributed by atoms with Gasteiger partial charge in [0.05, 0.1) is 0 Å². The molecule has 8 N–H and O–H groups in total. The van der Waals surface area contributed by atoms with E-state index < -0.39 is 12.1 Å². The zero-order valence-electron chi connectivity index (χ0n) is 6.53. The molecule has 0 aliphatic rings. The van der Waals surface area contributed by atoms with Crippen LogP contribution in [0.1, 0.15) is 25.7 Å². The Labute approximate surface area is 66.2 Å². The minimum absolute atomic E-state index is 0.343. The maximum Gasteiger partial charge on any atom is 0.151 e. The summed E-state index contributed by atoms with van der Waals surface area (Å²) in [5.41, 5.74) is 15.8. The highest BCUT2D eigenvalue weighted by Crippen LogP contribution is 2.04. The number of hydrogen-bond acceptors (Lipinski definition) is 5. The minimum atomic E-state index is -1.24. The Bertz CT molecular complexity index is 100. The summed E-state index contributed by atoms with van der Waals surface area (Å²) < 4.78 is 0. The van der Waals surface area contributed by atoms with Crippen LogP contribution in [0.3, 0.4) is 0 Å². The van der Waals surface area contributed by atoms with Gasteiger partial charge in [-0.05, 0) is 25.7 Å². The van der Waals surface area contributed by atoms with Crippen molar-refractivity contribution >= 4 is 0 Å². The van der Waals surface area contributed by atoms with Gasteiger partial charge in [-0.3, -0.25) is 0 Å². The Kier molecular flexibility index (Phi) is 4.55. The van der Waals surface area contributed by atoms with Crippen LogP contribution in [0.2, 0.25) is 0 Å². The first kappa shape index (κ1) is 10.8. The molecule has 0 unspecified atom stereocenters. The van der Waals surface area contributed by atoms with Gasteiger partial charge in [0, 0.05) is 0 Å². The van der Waals surface area contributed by atoms with Crippen LogP contribution < -0.4 is 17.2 Å². The first-order valence-corrected chi connectivity index (χ1v) is 3.64. The van der Waals surface area contributed by atoms with Crippen LogP contribution in [-0.2, 0) is 0 Å². The summed E-state index contributed by atoms with van der Waals surface area (Å²) in [4.78, 5) is 0. The standard InChI is InChI=1S/C6H17N3O2/c7-6(8,9)4-2-1-3-5(10)11/h5,10-11H,1-4,7-9H2. The van der Waals surface area contributed by atoms with Crippen LogP contribution in [-0.4, -0.2) is 22.3 Å². The number of rotatable bonds is 5. The zero-order chi connectivity index (χ0) is 8.91. The lowest BCUT2D eigenvalue weighted by atomic mass is 10.1. The molecule has 0 atom stereocenters. The molecule has 5 heteroatoms. The molecule has 0 aliphatic heterocycles. The highest BCUT2D eigenvalue weighted by atomic mass is 16.5. The van der Waals surface area contributed by atoms with E-state index in [4.69, 9.17) is 27.4 Å². The van der Waals surface area contributed by atoms with E-state index in [-0.39, 0.29) is 0 Å². The number of aliphatic hydroxyl groups is 2. The van der Waals surface area contributed by atoms with Crippen molar-refractivity contribution in [2.45, 2.75) is 37.8 Å². The van der Waals surface area contributed by atoms with E-state index in [9.17, 15) is 0 Å². The van der Waals surface area contributed by atoms with Gasteiger partial charge in [-0.25, -0.2) is 0 Å². The Balaban J connectivity index is 3.15. The van der Waals surface area contributed by atoms with Crippen LogP contribution in [0.15, 0.2) is 0 Å². The Hall–Kier alpha value is -0.200. The first-order valence-electron chi connectivity index (χ1n) is 3.64. The average Bonchev–Trinajstić information content (AvgIpc) is 1.78. The van der Waals surface area contributed by atoms with Gasteiger partial charge in [0.2, 0.25) is 0 Å². The lowest BCUT2D eigenvalue weighted by Crippen LogP contribution is -2.57. The normalized spacial score (nSPS) is 12.5. The molecule has 0 saturated carbocycles. The fraction of sp³-hybridized carbons (Fsp3) is 1.00. The van der Waals surface area contributed by atoms with E-state index in [2.05, 4.69) is 0 Å². The highest BCUT2D eigenvalue weighted by molar-refractivity contribution is 4.66. The van der Waals surface area contributed by atoms with Crippen LogP contribution >= 0.6 is 0 Å². The van der Waals surface area contributed by atoms with Gasteiger partial charge >= 0.3 is 0 Å². The largest absolute Gasteiger partial charge is 0.368 e. The second-order valence-electron chi connectivity index (χ2n) is 2.84. The van der Waals surface area contributed by atoms with Crippen LogP contribution in [0.25, 0.3) is 0 Å². The Morgan fingerprint density at radius 1 is 1.09 bits per heavy atom. The van der Waals surface area contributed by atoms with E-state index in [0.29, 0.717) is 25.7 Å². The van der Waals surface area contributed by atoms with Crippen molar-refractivity contribution in [3.05, 3.63) is 0 Å². The molecule has 0 radical (unpaired) electrons. The third kappa shape index (κ3) is 9.80. The highest BCUT2D eigenvalue weighted by Gasteiger charge is 2.10. The van der Waals surface area contributed by atoms with Gasteiger partial charge < -0.3 is 27.4 Å². The molecule has 0 spiro atoms. The molecule has 0 saturated heterocycles. The topological polar surface area (TPSA) is 119 Å². The van der Waals surface area contributed by atoms with Crippen LogP contribution in [0.4, 0.5) is 0 Å². The van der Waals surface area contributed by atoms with E-state index in [1.807, 2.05) is 0 Å². The van der Waals surface area contributed by atoms with Gasteiger partial charge in [0.25, 0.3) is 0 Å². The molecule has 0 amide bonds. The summed E-state index contributed by atoms with van der Waals surface area (Å²) in [5.74, 6) is -1.12. The molecular weight excluding hydrogens is 146 g/mol. The molecule has 0 rings (SSSR count). The molecule has 0 bridgehead atoms. The Morgan fingerprint density at radius 3 is 2.00 bits per heavy atom. The molecule has 0 aromatic heterocycles. The fourth-order valence-corrected chi connectivity index (χ4v) is 0.758. The Morgan fingerprint density at radius 2 is 1.64 bits per heavy atom. The van der Waals surface area contributed by atoms with Crippen molar-refractivity contribution in [1.82, 2.24) is 0 Å². The summed E-state index contributed by atoms with van der Waals surface area (Å²) in [5, 5.41) is 16.9. The second-order valence-corrected chi connectivity index (χ2v) is 2.84. The number of unbranched alkanes of at least 4 members (excludes halogenated alkanes) is 1. The number of hydrogen-bond donors (Lipinski definition) is 5. The van der Waals surface area contributed by atoms with Gasteiger partial charge in [0.1, 0.15) is 5.79 Å². The quantitative estimate of drug-likeness (QED) is 0.247. The predicted octanol–water partition coefficient (Wildman–Crippen LogP) is -1.61. The van der Waals surface area contributed by atoms with Crippen molar-refractivity contribution in [1.29, 1.82) is 0 Å². The van der Waals surface area contributed by atoms with Crippen molar-refractivity contribution in [3.63, 3.8) is 0 Å². The monoisotopic (exact) mass is 163 g/mol. The van der Waals surface area contributed by atoms with Crippen LogP contribution in [0, 0.1) is 0 Å². The van der Waals surface area contributed by atoms with Crippen molar-refractivity contribution in [3.8, 4) is 0 Å². The zero-order valence-corrected chi connectivity index (χ0v) is 6.53. The van der Waals surface area contributed by atoms with E-state index >= 15 is 0 Å². The summed E-state index contributed by atoms with van der Waals surface area (Å²) in [6.45, 7) is 0. The third-order valence-corrected chi connectivity index (χ3v) is 1.32. The summed E-state index contributed by atoms with van der Waals surface area (Å²) >= 11 is 0. The van der Waals surface area contributed by atoms with E-state index in [0.717, 1.165) is 0 Å².